The van der Waals surface area contributed by atoms with Crippen molar-refractivity contribution in [1.29, 1.82) is 0 Å². The van der Waals surface area contributed by atoms with Gasteiger partial charge in [0.15, 0.2) is 0 Å². The third kappa shape index (κ3) is 2.03. The molecule has 1 heterocycles. The second kappa shape index (κ2) is 3.61. The number of likely N-dealkylation sites (tertiary alicyclic amines) is 1. The number of hydrogen-bond donors (Lipinski definition) is 1. The maximum Gasteiger partial charge on any atom is 0.410 e. The van der Waals surface area contributed by atoms with E-state index in [4.69, 9.17) is 8.85 Å². The number of hydrogen-bond acceptors (Lipinski definition) is 3. The fourth-order valence-corrected chi connectivity index (χ4v) is 2.89. The summed E-state index contributed by atoms with van der Waals surface area (Å²) in [6.07, 6.45) is -0.475. The second-order valence-electron chi connectivity index (χ2n) is 6.30. The minimum atomic E-state index is -2.06. The summed E-state index contributed by atoms with van der Waals surface area (Å²) >= 11 is 0. The Hall–Kier alpha value is -0.770. The number of amides is 1. The van der Waals surface area contributed by atoms with Crippen molar-refractivity contribution in [3.05, 3.63) is 0 Å². The van der Waals surface area contributed by atoms with E-state index in [2.05, 4.69) is 0 Å². The Labute approximate surface area is 107 Å². The lowest BCUT2D eigenvalue weighted by Crippen LogP contribution is -2.45. The Morgan fingerprint density at radius 3 is 2.76 bits per heavy atom. The van der Waals surface area contributed by atoms with Crippen LogP contribution >= 0.6 is 0 Å². The molecule has 0 spiro atoms. The lowest BCUT2D eigenvalue weighted by atomic mass is 10.0. The maximum atomic E-state index is 12.1. The summed E-state index contributed by atoms with van der Waals surface area (Å²) in [6.45, 7) is 5.12. The average molecular weight is 244 g/mol. The van der Waals surface area contributed by atoms with Gasteiger partial charge in [-0.3, -0.25) is 0 Å². The summed E-state index contributed by atoms with van der Waals surface area (Å²) in [6, 6.07) is -0.458. The van der Waals surface area contributed by atoms with Crippen molar-refractivity contribution in [2.75, 3.05) is 13.2 Å². The van der Waals surface area contributed by atoms with Gasteiger partial charge in [0.2, 0.25) is 0 Å². The number of aliphatic hydroxyl groups excluding tert-OH is 1. The Kier molecular flexibility index (Phi) is 1.95. The van der Waals surface area contributed by atoms with Gasteiger partial charge in [0, 0.05) is 10.7 Å². The van der Waals surface area contributed by atoms with Crippen LogP contribution < -0.4 is 0 Å². The minimum absolute atomic E-state index is 0.0836. The van der Waals surface area contributed by atoms with Crippen LogP contribution in [0.25, 0.3) is 0 Å². The van der Waals surface area contributed by atoms with Crippen LogP contribution in [0, 0.1) is 17.3 Å². The van der Waals surface area contributed by atoms with Gasteiger partial charge in [-0.1, -0.05) is 13.8 Å². The second-order valence-corrected chi connectivity index (χ2v) is 6.30. The molecule has 1 amide bonds. The zero-order valence-corrected chi connectivity index (χ0v) is 10.9. The Morgan fingerprint density at radius 2 is 2.29 bits per heavy atom. The minimum Gasteiger partial charge on any atom is -0.444 e. The standard InChI is InChI=1S/C13H23NO3/c1-12(2,3)17-11(16)14-6-8-10(9(14)7-15)13(8,4)5/h8-10,15H,6-7H2,1-5H3/t8-,9+,10-/m0/s1/i4D3/t8-,9+,10-,13?. The Morgan fingerprint density at radius 1 is 1.65 bits per heavy atom. The molecule has 1 saturated carbocycles. The molecule has 17 heavy (non-hydrogen) atoms. The van der Waals surface area contributed by atoms with Gasteiger partial charge >= 0.3 is 6.09 Å². The van der Waals surface area contributed by atoms with Gasteiger partial charge in [0.05, 0.1) is 12.6 Å². The monoisotopic (exact) mass is 244 g/mol. The summed E-state index contributed by atoms with van der Waals surface area (Å²) in [7, 11) is 0. The summed E-state index contributed by atoms with van der Waals surface area (Å²) in [5.41, 5.74) is -1.39. The molecule has 2 fully saturated rings. The fraction of sp³-hybridized carbons (Fsp3) is 0.923. The molecule has 1 aliphatic heterocycles. The maximum absolute atomic E-state index is 12.1. The molecule has 0 aromatic carbocycles. The molecule has 0 aromatic rings. The SMILES string of the molecule is [2H]C([2H])([2H])C1(C)[C@@H]2[C@@H](CO)N(C(=O)OC(C)(C)C)C[C@@H]21. The van der Waals surface area contributed by atoms with Crippen molar-refractivity contribution >= 4 is 6.09 Å². The first-order chi connectivity index (χ1) is 8.93. The van der Waals surface area contributed by atoms with Crippen molar-refractivity contribution in [1.82, 2.24) is 4.90 Å². The molecule has 2 rings (SSSR count). The van der Waals surface area contributed by atoms with Gasteiger partial charge in [-0.05, 0) is 38.0 Å². The number of aliphatic hydroxyl groups is 1. The van der Waals surface area contributed by atoms with Crippen molar-refractivity contribution in [2.45, 2.75) is 46.2 Å². The summed E-state index contributed by atoms with van der Waals surface area (Å²) < 4.78 is 28.2. The quantitative estimate of drug-likeness (QED) is 0.766. The number of piperidine rings is 1. The first-order valence-electron chi connectivity index (χ1n) is 7.54. The van der Waals surface area contributed by atoms with Crippen LogP contribution in [-0.2, 0) is 4.74 Å². The first kappa shape index (κ1) is 9.20. The molecule has 1 aliphatic carbocycles. The molecule has 4 heteroatoms. The number of fused-ring (bicyclic) bond motifs is 1. The normalized spacial score (nSPS) is 43.5. The predicted molar refractivity (Wildman–Crippen MR) is 64.6 cm³/mol. The van der Waals surface area contributed by atoms with E-state index in [-0.39, 0.29) is 18.4 Å². The number of carbonyl (C=O) groups is 1. The highest BCUT2D eigenvalue weighted by atomic mass is 16.6. The molecular weight excluding hydrogens is 218 g/mol. The number of nitrogens with zero attached hydrogens (tertiary/aromatic N) is 1. The number of ether oxygens (including phenoxy) is 1. The van der Waals surface area contributed by atoms with Crippen LogP contribution in [-0.4, -0.2) is 40.9 Å². The van der Waals surface area contributed by atoms with E-state index in [0.29, 0.717) is 6.54 Å². The molecule has 1 saturated heterocycles. The largest absolute Gasteiger partial charge is 0.444 e. The third-order valence-electron chi connectivity index (χ3n) is 3.81. The van der Waals surface area contributed by atoms with Crippen LogP contribution in [0.1, 0.15) is 38.7 Å². The lowest BCUT2D eigenvalue weighted by molar-refractivity contribution is 0.00960. The molecule has 4 atom stereocenters. The van der Waals surface area contributed by atoms with Crippen LogP contribution in [0.3, 0.4) is 0 Å². The van der Waals surface area contributed by atoms with Gasteiger partial charge in [0.1, 0.15) is 5.60 Å². The molecule has 0 bridgehead atoms. The molecule has 4 nitrogen and oxygen atoms in total. The summed E-state index contributed by atoms with van der Waals surface area (Å²) in [5.74, 6) is -0.257. The molecular formula is C13H23NO3. The lowest BCUT2D eigenvalue weighted by Gasteiger charge is -2.31. The van der Waals surface area contributed by atoms with Crippen molar-refractivity contribution in [3.8, 4) is 0 Å². The smallest absolute Gasteiger partial charge is 0.410 e. The zero-order chi connectivity index (χ0) is 15.5. The molecule has 98 valence electrons. The van der Waals surface area contributed by atoms with Gasteiger partial charge in [-0.25, -0.2) is 4.79 Å². The Bertz CT molecular complexity index is 418. The molecule has 2 aliphatic rings. The van der Waals surface area contributed by atoms with Crippen LogP contribution in [0.5, 0.6) is 0 Å². The number of rotatable bonds is 1. The van der Waals surface area contributed by atoms with Gasteiger partial charge < -0.3 is 14.7 Å². The van der Waals surface area contributed by atoms with E-state index in [0.717, 1.165) is 0 Å². The van der Waals surface area contributed by atoms with Gasteiger partial charge in [-0.2, -0.15) is 0 Å². The van der Waals surface area contributed by atoms with Gasteiger partial charge in [-0.15, -0.1) is 0 Å². The average Bonchev–Trinajstić information content (AvgIpc) is 2.69. The summed E-state index contributed by atoms with van der Waals surface area (Å²) in [4.78, 5) is 13.6. The molecule has 0 radical (unpaired) electrons. The van der Waals surface area contributed by atoms with Gasteiger partial charge in [0.25, 0.3) is 0 Å². The van der Waals surface area contributed by atoms with Crippen LogP contribution in [0.4, 0.5) is 4.79 Å². The highest BCUT2D eigenvalue weighted by Gasteiger charge is 2.67. The van der Waals surface area contributed by atoms with E-state index >= 15 is 0 Å². The molecule has 0 aromatic heterocycles. The zero-order valence-electron chi connectivity index (χ0n) is 13.9. The van der Waals surface area contributed by atoms with E-state index in [1.807, 2.05) is 0 Å². The van der Waals surface area contributed by atoms with E-state index in [9.17, 15) is 9.90 Å². The van der Waals surface area contributed by atoms with Crippen molar-refractivity contribution in [3.63, 3.8) is 0 Å². The Balaban J connectivity index is 2.11. The van der Waals surface area contributed by atoms with Crippen LogP contribution in [0.15, 0.2) is 0 Å². The topological polar surface area (TPSA) is 49.8 Å². The predicted octanol–water partition coefficient (Wildman–Crippen LogP) is 1.87. The van der Waals surface area contributed by atoms with Crippen molar-refractivity contribution in [2.24, 2.45) is 17.3 Å². The van der Waals surface area contributed by atoms with E-state index < -0.39 is 30.0 Å². The van der Waals surface area contributed by atoms with Crippen LogP contribution in [0.2, 0.25) is 0 Å². The molecule has 1 N–H and O–H groups in total. The van der Waals surface area contributed by atoms with E-state index in [1.165, 1.54) is 4.90 Å². The summed E-state index contributed by atoms with van der Waals surface area (Å²) in [5, 5.41) is 9.55. The first-order valence-corrected chi connectivity index (χ1v) is 6.04. The molecule has 1 unspecified atom stereocenters. The third-order valence-corrected chi connectivity index (χ3v) is 3.81. The highest BCUT2D eigenvalue weighted by molar-refractivity contribution is 5.69. The van der Waals surface area contributed by atoms with Crippen molar-refractivity contribution < 1.29 is 18.8 Å². The van der Waals surface area contributed by atoms with E-state index in [1.54, 1.807) is 27.7 Å². The fourth-order valence-electron chi connectivity index (χ4n) is 2.89. The highest BCUT2D eigenvalue weighted by Crippen LogP contribution is 2.64. The number of carbonyl (C=O) groups excluding carboxylic acids is 1.